The monoisotopic (exact) mass is 533 g/mol. The molecule has 212 valence electrons. The Morgan fingerprint density at radius 3 is 2.37 bits per heavy atom. The first-order valence-electron chi connectivity index (χ1n) is 13.6. The molecule has 38 heavy (non-hydrogen) atoms. The second-order valence-corrected chi connectivity index (χ2v) is 11.3. The summed E-state index contributed by atoms with van der Waals surface area (Å²) in [5.74, 6) is -1.42. The molecule has 0 saturated heterocycles. The summed E-state index contributed by atoms with van der Waals surface area (Å²) in [6, 6.07) is 7.44. The largest absolute Gasteiger partial charge is 0.444 e. The third-order valence-corrected chi connectivity index (χ3v) is 6.91. The number of hydrogen-bond acceptors (Lipinski definition) is 7. The second-order valence-electron chi connectivity index (χ2n) is 11.3. The number of carbonyl (C=O) groups is 3. The standard InChI is InChI=1S/C28H43N3O7/c1-28(2,3)38-27(36)31-23(17-37-16-18-10-6-4-7-11-18)26(35)30-22(15-32)24(33)20-14-21(20)25(34)29-19-12-8-5-9-13-19/h4,6-7,10-11,19-24,32-33H,5,8-9,12-17H2,1-3H3,(H,29,34)(H,30,35)(H,31,36)/t20-,21+,22+,23+,24-/m1/s1. The van der Waals surface area contributed by atoms with Crippen molar-refractivity contribution in [1.82, 2.24) is 16.0 Å². The number of aliphatic hydroxyl groups is 2. The predicted molar refractivity (Wildman–Crippen MR) is 141 cm³/mol. The number of nitrogens with one attached hydrogen (secondary N) is 3. The molecule has 0 aromatic heterocycles. The summed E-state index contributed by atoms with van der Waals surface area (Å²) in [5, 5.41) is 29.0. The lowest BCUT2D eigenvalue weighted by Gasteiger charge is -2.27. The van der Waals surface area contributed by atoms with Gasteiger partial charge in [0.05, 0.1) is 32.0 Å². The molecule has 10 nitrogen and oxygen atoms in total. The minimum Gasteiger partial charge on any atom is -0.444 e. The summed E-state index contributed by atoms with van der Waals surface area (Å²) >= 11 is 0. The van der Waals surface area contributed by atoms with Crippen LogP contribution in [0.25, 0.3) is 0 Å². The van der Waals surface area contributed by atoms with Crippen LogP contribution in [0.5, 0.6) is 0 Å². The molecule has 2 aliphatic rings. The third-order valence-electron chi connectivity index (χ3n) is 6.91. The normalized spacial score (nSPS) is 22.0. The van der Waals surface area contributed by atoms with Gasteiger partial charge >= 0.3 is 6.09 Å². The number of benzene rings is 1. The van der Waals surface area contributed by atoms with Crippen molar-refractivity contribution in [3.05, 3.63) is 35.9 Å². The van der Waals surface area contributed by atoms with E-state index in [-0.39, 0.29) is 37.0 Å². The Morgan fingerprint density at radius 2 is 1.74 bits per heavy atom. The summed E-state index contributed by atoms with van der Waals surface area (Å²) in [6.07, 6.45) is 3.93. The van der Waals surface area contributed by atoms with Gasteiger partial charge in [-0.3, -0.25) is 9.59 Å². The zero-order valence-electron chi connectivity index (χ0n) is 22.7. The van der Waals surface area contributed by atoms with E-state index in [1.54, 1.807) is 20.8 Å². The van der Waals surface area contributed by atoms with Gasteiger partial charge in [0.15, 0.2) is 0 Å². The van der Waals surface area contributed by atoms with E-state index >= 15 is 0 Å². The molecule has 0 heterocycles. The number of carbonyl (C=O) groups excluding carboxylic acids is 3. The van der Waals surface area contributed by atoms with E-state index in [2.05, 4.69) is 16.0 Å². The first-order chi connectivity index (χ1) is 18.1. The number of alkyl carbamates (subject to hydrolysis) is 1. The van der Waals surface area contributed by atoms with Gasteiger partial charge in [-0.1, -0.05) is 49.6 Å². The zero-order chi connectivity index (χ0) is 27.7. The molecule has 2 fully saturated rings. The van der Waals surface area contributed by atoms with E-state index in [9.17, 15) is 24.6 Å². The van der Waals surface area contributed by atoms with Crippen molar-refractivity contribution in [3.63, 3.8) is 0 Å². The molecule has 0 spiro atoms. The SMILES string of the molecule is CC(C)(C)OC(=O)N[C@@H](COCc1ccccc1)C(=O)N[C@@H](CO)[C@H](O)[C@@H]1C[C@@H]1C(=O)NC1CCCCC1. The second kappa shape index (κ2) is 13.9. The molecule has 0 bridgehead atoms. The highest BCUT2D eigenvalue weighted by Gasteiger charge is 2.50. The van der Waals surface area contributed by atoms with Gasteiger partial charge in [-0.25, -0.2) is 4.79 Å². The quantitative estimate of drug-likeness (QED) is 0.276. The topological polar surface area (TPSA) is 146 Å². The van der Waals surface area contributed by atoms with Gasteiger partial charge < -0.3 is 35.6 Å². The maximum absolute atomic E-state index is 13.1. The lowest BCUT2D eigenvalue weighted by molar-refractivity contribution is -0.127. The van der Waals surface area contributed by atoms with Gasteiger partial charge in [0.2, 0.25) is 11.8 Å². The predicted octanol–water partition coefficient (Wildman–Crippen LogP) is 2.02. The Morgan fingerprint density at radius 1 is 1.05 bits per heavy atom. The molecule has 5 atom stereocenters. The van der Waals surface area contributed by atoms with Crippen molar-refractivity contribution in [2.75, 3.05) is 13.2 Å². The van der Waals surface area contributed by atoms with Gasteiger partial charge in [-0.05, 0) is 51.5 Å². The van der Waals surface area contributed by atoms with Crippen molar-refractivity contribution < 1.29 is 34.1 Å². The fourth-order valence-electron chi connectivity index (χ4n) is 4.77. The number of hydrogen-bond donors (Lipinski definition) is 5. The van der Waals surface area contributed by atoms with Crippen molar-refractivity contribution in [1.29, 1.82) is 0 Å². The molecule has 3 rings (SSSR count). The van der Waals surface area contributed by atoms with Gasteiger partial charge in [0.1, 0.15) is 11.6 Å². The maximum atomic E-state index is 13.1. The Hall–Kier alpha value is -2.69. The Kier molecular flexibility index (Phi) is 10.9. The molecule has 0 unspecified atom stereocenters. The van der Waals surface area contributed by atoms with E-state index < -0.39 is 42.4 Å². The van der Waals surface area contributed by atoms with E-state index in [0.29, 0.717) is 6.42 Å². The van der Waals surface area contributed by atoms with Crippen LogP contribution in [-0.2, 0) is 25.7 Å². The van der Waals surface area contributed by atoms with Gasteiger partial charge in [-0.2, -0.15) is 0 Å². The van der Waals surface area contributed by atoms with Crippen LogP contribution < -0.4 is 16.0 Å². The molecule has 0 aliphatic heterocycles. The lowest BCUT2D eigenvalue weighted by Crippen LogP contribution is -2.56. The van der Waals surface area contributed by atoms with E-state index in [4.69, 9.17) is 9.47 Å². The fraction of sp³-hybridized carbons (Fsp3) is 0.679. The lowest BCUT2D eigenvalue weighted by atomic mass is 9.95. The molecule has 1 aromatic carbocycles. The summed E-state index contributed by atoms with van der Waals surface area (Å²) in [4.78, 5) is 38.2. The van der Waals surface area contributed by atoms with E-state index in [0.717, 1.165) is 31.2 Å². The summed E-state index contributed by atoms with van der Waals surface area (Å²) in [6.45, 7) is 4.69. The molecular weight excluding hydrogens is 490 g/mol. The summed E-state index contributed by atoms with van der Waals surface area (Å²) in [5.41, 5.74) is 0.137. The van der Waals surface area contributed by atoms with Crippen LogP contribution in [-0.4, -0.2) is 71.2 Å². The number of ether oxygens (including phenoxy) is 2. The number of aliphatic hydroxyl groups excluding tert-OH is 2. The number of rotatable bonds is 12. The van der Waals surface area contributed by atoms with Crippen LogP contribution in [0, 0.1) is 11.8 Å². The number of amides is 3. The Balaban J connectivity index is 1.55. The van der Waals surface area contributed by atoms with Crippen LogP contribution in [0.2, 0.25) is 0 Å². The van der Waals surface area contributed by atoms with Crippen molar-refractivity contribution in [3.8, 4) is 0 Å². The minimum atomic E-state index is -1.13. The molecule has 2 aliphatic carbocycles. The van der Waals surface area contributed by atoms with Crippen LogP contribution >= 0.6 is 0 Å². The third kappa shape index (κ3) is 9.56. The van der Waals surface area contributed by atoms with Gasteiger partial charge in [-0.15, -0.1) is 0 Å². The highest BCUT2D eigenvalue weighted by atomic mass is 16.6. The molecule has 2 saturated carbocycles. The molecule has 1 aromatic rings. The molecular formula is C28H43N3O7. The summed E-state index contributed by atoms with van der Waals surface area (Å²) in [7, 11) is 0. The van der Waals surface area contributed by atoms with Crippen LogP contribution in [0.4, 0.5) is 4.79 Å². The Labute approximate surface area is 224 Å². The summed E-state index contributed by atoms with van der Waals surface area (Å²) < 4.78 is 11.0. The molecule has 0 radical (unpaired) electrons. The molecule has 10 heteroatoms. The first-order valence-corrected chi connectivity index (χ1v) is 13.6. The smallest absolute Gasteiger partial charge is 0.408 e. The van der Waals surface area contributed by atoms with Crippen LogP contribution in [0.1, 0.15) is 64.9 Å². The average Bonchev–Trinajstić information content (AvgIpc) is 3.67. The van der Waals surface area contributed by atoms with Crippen LogP contribution in [0.15, 0.2) is 30.3 Å². The zero-order valence-corrected chi connectivity index (χ0v) is 22.7. The Bertz CT molecular complexity index is 915. The first kappa shape index (κ1) is 29.9. The average molecular weight is 534 g/mol. The fourth-order valence-corrected chi connectivity index (χ4v) is 4.77. The molecule has 3 amide bonds. The van der Waals surface area contributed by atoms with Gasteiger partial charge in [0, 0.05) is 12.0 Å². The maximum Gasteiger partial charge on any atom is 0.408 e. The highest BCUT2D eigenvalue weighted by molar-refractivity contribution is 5.86. The van der Waals surface area contributed by atoms with Gasteiger partial charge in [0.25, 0.3) is 0 Å². The van der Waals surface area contributed by atoms with Crippen molar-refractivity contribution >= 4 is 17.9 Å². The van der Waals surface area contributed by atoms with E-state index in [1.807, 2.05) is 30.3 Å². The highest BCUT2D eigenvalue weighted by Crippen LogP contribution is 2.42. The molecule has 5 N–H and O–H groups in total. The minimum absolute atomic E-state index is 0.0808. The van der Waals surface area contributed by atoms with Crippen molar-refractivity contribution in [2.24, 2.45) is 11.8 Å². The van der Waals surface area contributed by atoms with Crippen molar-refractivity contribution in [2.45, 2.75) is 95.7 Å². The van der Waals surface area contributed by atoms with Crippen LogP contribution in [0.3, 0.4) is 0 Å². The van der Waals surface area contributed by atoms with E-state index in [1.165, 1.54) is 6.42 Å².